The molecule has 13 heavy (non-hydrogen) atoms. The van der Waals surface area contributed by atoms with Gasteiger partial charge in [0.25, 0.3) is 0 Å². The third-order valence-corrected chi connectivity index (χ3v) is 2.26. The summed E-state index contributed by atoms with van der Waals surface area (Å²) in [5, 5.41) is 0.419. The van der Waals surface area contributed by atoms with Crippen LogP contribution in [-0.4, -0.2) is 18.5 Å². The van der Waals surface area contributed by atoms with Gasteiger partial charge in [0.15, 0.2) is 5.78 Å². The molecule has 0 aliphatic carbocycles. The van der Waals surface area contributed by atoms with E-state index < -0.39 is 0 Å². The minimum Gasteiger partial charge on any atom is -0.398 e. The van der Waals surface area contributed by atoms with E-state index >= 15 is 0 Å². The first-order valence-corrected chi connectivity index (χ1v) is 4.18. The Kier molecular flexibility index (Phi) is 1.81. The molecule has 0 saturated heterocycles. The van der Waals surface area contributed by atoms with E-state index in [4.69, 9.17) is 17.3 Å². The van der Waals surface area contributed by atoms with Gasteiger partial charge in [-0.25, -0.2) is 0 Å². The van der Waals surface area contributed by atoms with Crippen LogP contribution >= 0.6 is 11.6 Å². The van der Waals surface area contributed by atoms with Crippen LogP contribution < -0.4 is 5.73 Å². The second-order valence-corrected chi connectivity index (χ2v) is 3.26. The number of Topliss-reactive ketones (excluding diaryl/α,β-unsaturated/α-hetero) is 1. The second kappa shape index (κ2) is 2.85. The molecule has 1 aliphatic heterocycles. The van der Waals surface area contributed by atoms with Gasteiger partial charge in [0, 0.05) is 17.3 Å². The number of nitrogen functional groups attached to an aromatic ring is 1. The summed E-state index contributed by atoms with van der Waals surface area (Å²) in [4.78, 5) is 15.2. The number of benzene rings is 1. The van der Waals surface area contributed by atoms with Gasteiger partial charge in [-0.3, -0.25) is 9.79 Å². The number of fused-ring (bicyclic) bond motifs is 1. The molecule has 1 heterocycles. The van der Waals surface area contributed by atoms with E-state index in [9.17, 15) is 4.79 Å². The smallest absolute Gasteiger partial charge is 0.184 e. The van der Waals surface area contributed by atoms with Crippen molar-refractivity contribution in [3.05, 3.63) is 28.3 Å². The van der Waals surface area contributed by atoms with Crippen LogP contribution in [0.4, 0.5) is 5.69 Å². The largest absolute Gasteiger partial charge is 0.398 e. The summed E-state index contributed by atoms with van der Waals surface area (Å²) >= 11 is 5.79. The SMILES string of the molecule is Nc1cc2c(cc1Cl)C(=O)CN=C2. The molecule has 0 fully saturated rings. The fourth-order valence-corrected chi connectivity index (χ4v) is 1.43. The van der Waals surface area contributed by atoms with Crippen molar-refractivity contribution in [3.63, 3.8) is 0 Å². The predicted molar refractivity (Wildman–Crippen MR) is 52.7 cm³/mol. The number of anilines is 1. The molecule has 0 amide bonds. The standard InChI is InChI=1S/C9H7ClN2O/c10-7-2-6-5(1-8(7)11)3-12-4-9(6)13/h1-3H,4,11H2. The molecule has 0 atom stereocenters. The molecule has 3 nitrogen and oxygen atoms in total. The number of halogens is 1. The number of rotatable bonds is 0. The van der Waals surface area contributed by atoms with Crippen molar-refractivity contribution >= 4 is 29.3 Å². The molecular weight excluding hydrogens is 188 g/mol. The first-order chi connectivity index (χ1) is 6.18. The highest BCUT2D eigenvalue weighted by molar-refractivity contribution is 6.33. The molecule has 0 bridgehead atoms. The van der Waals surface area contributed by atoms with E-state index in [1.54, 1.807) is 18.3 Å². The number of aliphatic imine (C=N–C) groups is 1. The Hall–Kier alpha value is -1.35. The van der Waals surface area contributed by atoms with Crippen molar-refractivity contribution in [1.82, 2.24) is 0 Å². The van der Waals surface area contributed by atoms with Gasteiger partial charge in [-0.1, -0.05) is 11.6 Å². The molecule has 0 aromatic heterocycles. The lowest BCUT2D eigenvalue weighted by Crippen LogP contribution is -2.12. The summed E-state index contributed by atoms with van der Waals surface area (Å²) in [6.07, 6.45) is 1.64. The minimum atomic E-state index is -0.0144. The van der Waals surface area contributed by atoms with Gasteiger partial charge in [0.05, 0.1) is 10.7 Å². The zero-order chi connectivity index (χ0) is 9.42. The highest BCUT2D eigenvalue weighted by Gasteiger charge is 2.15. The second-order valence-electron chi connectivity index (χ2n) is 2.85. The van der Waals surface area contributed by atoms with Gasteiger partial charge in [-0.15, -0.1) is 0 Å². The maximum Gasteiger partial charge on any atom is 0.184 e. The lowest BCUT2D eigenvalue weighted by molar-refractivity contribution is 0.100. The average Bonchev–Trinajstić information content (AvgIpc) is 2.09. The third kappa shape index (κ3) is 1.31. The Balaban J connectivity index is 2.67. The normalized spacial score (nSPS) is 14.4. The van der Waals surface area contributed by atoms with E-state index in [0.717, 1.165) is 5.56 Å². The number of carbonyl (C=O) groups is 1. The van der Waals surface area contributed by atoms with Crippen LogP contribution in [0.2, 0.25) is 5.02 Å². The number of hydrogen-bond acceptors (Lipinski definition) is 3. The Labute approximate surface area is 80.2 Å². The van der Waals surface area contributed by atoms with E-state index in [0.29, 0.717) is 16.3 Å². The van der Waals surface area contributed by atoms with Crippen molar-refractivity contribution in [1.29, 1.82) is 0 Å². The lowest BCUT2D eigenvalue weighted by atomic mass is 10.0. The molecule has 0 radical (unpaired) electrons. The summed E-state index contributed by atoms with van der Waals surface area (Å²) in [6.45, 7) is 0.202. The Morgan fingerprint density at radius 3 is 3.00 bits per heavy atom. The van der Waals surface area contributed by atoms with Crippen LogP contribution in [0.5, 0.6) is 0 Å². The first-order valence-electron chi connectivity index (χ1n) is 3.80. The van der Waals surface area contributed by atoms with Crippen LogP contribution in [0.15, 0.2) is 17.1 Å². The van der Waals surface area contributed by atoms with Crippen LogP contribution in [0.1, 0.15) is 15.9 Å². The van der Waals surface area contributed by atoms with Crippen molar-refractivity contribution in [3.8, 4) is 0 Å². The Morgan fingerprint density at radius 2 is 2.23 bits per heavy atom. The van der Waals surface area contributed by atoms with Crippen LogP contribution in [0.25, 0.3) is 0 Å². The fraction of sp³-hybridized carbons (Fsp3) is 0.111. The quantitative estimate of drug-likeness (QED) is 0.637. The van der Waals surface area contributed by atoms with Crippen molar-refractivity contribution < 1.29 is 4.79 Å². The van der Waals surface area contributed by atoms with Crippen molar-refractivity contribution in [2.45, 2.75) is 0 Å². The molecule has 66 valence electrons. The third-order valence-electron chi connectivity index (χ3n) is 1.93. The molecule has 0 unspecified atom stereocenters. The monoisotopic (exact) mass is 194 g/mol. The van der Waals surface area contributed by atoms with Gasteiger partial charge in [-0.2, -0.15) is 0 Å². The first kappa shape index (κ1) is 8.26. The van der Waals surface area contributed by atoms with Crippen molar-refractivity contribution in [2.24, 2.45) is 4.99 Å². The molecule has 1 aliphatic rings. The van der Waals surface area contributed by atoms with Crippen LogP contribution in [0.3, 0.4) is 0 Å². The summed E-state index contributed by atoms with van der Waals surface area (Å²) in [6, 6.07) is 3.26. The number of nitrogens with two attached hydrogens (primary N) is 1. The Bertz CT molecular complexity index is 412. The minimum absolute atomic E-state index is 0.0144. The summed E-state index contributed by atoms with van der Waals surface area (Å²) in [7, 11) is 0. The van der Waals surface area contributed by atoms with E-state index in [1.165, 1.54) is 0 Å². The molecule has 2 rings (SSSR count). The zero-order valence-electron chi connectivity index (χ0n) is 6.75. The van der Waals surface area contributed by atoms with E-state index in [2.05, 4.69) is 4.99 Å². The maximum absolute atomic E-state index is 11.3. The maximum atomic E-state index is 11.3. The fourth-order valence-electron chi connectivity index (χ4n) is 1.27. The molecule has 1 aromatic carbocycles. The molecule has 1 aromatic rings. The predicted octanol–water partition coefficient (Wildman–Crippen LogP) is 1.54. The van der Waals surface area contributed by atoms with Gasteiger partial charge < -0.3 is 5.73 Å². The molecule has 4 heteroatoms. The van der Waals surface area contributed by atoms with E-state index in [1.807, 2.05) is 0 Å². The van der Waals surface area contributed by atoms with Gasteiger partial charge in [0.1, 0.15) is 6.54 Å². The van der Waals surface area contributed by atoms with Gasteiger partial charge >= 0.3 is 0 Å². The van der Waals surface area contributed by atoms with Crippen molar-refractivity contribution in [2.75, 3.05) is 12.3 Å². The van der Waals surface area contributed by atoms with Gasteiger partial charge in [0.2, 0.25) is 0 Å². The topological polar surface area (TPSA) is 55.5 Å². The molecule has 2 N–H and O–H groups in total. The number of carbonyl (C=O) groups excluding carboxylic acids is 1. The highest BCUT2D eigenvalue weighted by Crippen LogP contribution is 2.24. The highest BCUT2D eigenvalue weighted by atomic mass is 35.5. The number of nitrogens with zero attached hydrogens (tertiary/aromatic N) is 1. The number of hydrogen-bond donors (Lipinski definition) is 1. The van der Waals surface area contributed by atoms with E-state index in [-0.39, 0.29) is 12.3 Å². The number of ketones is 1. The van der Waals surface area contributed by atoms with Crippen LogP contribution in [0, 0.1) is 0 Å². The summed E-state index contributed by atoms with van der Waals surface area (Å²) in [5.74, 6) is -0.0144. The molecule has 0 spiro atoms. The summed E-state index contributed by atoms with van der Waals surface area (Å²) < 4.78 is 0. The average molecular weight is 195 g/mol. The Morgan fingerprint density at radius 1 is 1.46 bits per heavy atom. The van der Waals surface area contributed by atoms with Gasteiger partial charge in [-0.05, 0) is 12.1 Å². The van der Waals surface area contributed by atoms with Crippen LogP contribution in [-0.2, 0) is 0 Å². The zero-order valence-corrected chi connectivity index (χ0v) is 7.51. The summed E-state index contributed by atoms with van der Waals surface area (Å²) in [5.41, 5.74) is 7.41. The molecule has 0 saturated carbocycles. The molecular formula is C9H7ClN2O. The lowest BCUT2D eigenvalue weighted by Gasteiger charge is -2.10.